The lowest BCUT2D eigenvalue weighted by Gasteiger charge is -2.02. The van der Waals surface area contributed by atoms with E-state index in [0.717, 1.165) is 25.1 Å². The van der Waals surface area contributed by atoms with Crippen molar-refractivity contribution in [3.63, 3.8) is 0 Å². The maximum absolute atomic E-state index is 10.5. The highest BCUT2D eigenvalue weighted by molar-refractivity contribution is 5.66. The van der Waals surface area contributed by atoms with Gasteiger partial charge in [0.05, 0.1) is 12.1 Å². The molecule has 16 heavy (non-hydrogen) atoms. The van der Waals surface area contributed by atoms with Crippen LogP contribution in [0.15, 0.2) is 4.42 Å². The summed E-state index contributed by atoms with van der Waals surface area (Å²) in [5, 5.41) is 8.60. The molecular weight excluding hydrogens is 210 g/mol. The number of carboxylic acids is 1. The van der Waals surface area contributed by atoms with E-state index < -0.39 is 5.97 Å². The largest absolute Gasteiger partial charge is 0.481 e. The van der Waals surface area contributed by atoms with Gasteiger partial charge in [0.15, 0.2) is 0 Å². The lowest BCUT2D eigenvalue weighted by atomic mass is 10.2. The molecule has 88 valence electrons. The van der Waals surface area contributed by atoms with E-state index in [9.17, 15) is 4.79 Å². The van der Waals surface area contributed by atoms with E-state index in [1.807, 2.05) is 6.92 Å². The van der Waals surface area contributed by atoms with E-state index in [0.29, 0.717) is 18.1 Å². The van der Waals surface area contributed by atoms with Crippen molar-refractivity contribution in [1.82, 2.24) is 4.98 Å². The molecule has 0 aliphatic carbocycles. The normalized spacial score (nSPS) is 20.2. The summed E-state index contributed by atoms with van der Waals surface area (Å²) in [5.74, 6) is 0.428. The summed E-state index contributed by atoms with van der Waals surface area (Å²) in [6.07, 6.45) is 2.37. The number of carboxylic acid groups (broad SMARTS) is 1. The van der Waals surface area contributed by atoms with Gasteiger partial charge in [-0.1, -0.05) is 0 Å². The number of rotatable bonds is 4. The van der Waals surface area contributed by atoms with Gasteiger partial charge in [-0.3, -0.25) is 4.79 Å². The highest BCUT2D eigenvalue weighted by atomic mass is 16.5. The van der Waals surface area contributed by atoms with Gasteiger partial charge in [-0.15, -0.1) is 0 Å². The molecule has 2 rings (SSSR count). The maximum Gasteiger partial charge on any atom is 0.303 e. The molecule has 1 aromatic rings. The van der Waals surface area contributed by atoms with E-state index in [1.54, 1.807) is 0 Å². The van der Waals surface area contributed by atoms with Crippen LogP contribution in [0.1, 0.15) is 42.7 Å². The van der Waals surface area contributed by atoms with E-state index in [4.69, 9.17) is 14.3 Å². The van der Waals surface area contributed by atoms with Gasteiger partial charge in [0.1, 0.15) is 11.9 Å². The Hall–Kier alpha value is -1.36. The first-order valence-electron chi connectivity index (χ1n) is 5.46. The van der Waals surface area contributed by atoms with Crippen LogP contribution in [0.25, 0.3) is 0 Å². The quantitative estimate of drug-likeness (QED) is 0.846. The molecule has 1 atom stereocenters. The second-order valence-corrected chi connectivity index (χ2v) is 3.96. The molecule has 2 heterocycles. The van der Waals surface area contributed by atoms with Gasteiger partial charge in [0.25, 0.3) is 0 Å². The van der Waals surface area contributed by atoms with Crippen molar-refractivity contribution < 1.29 is 19.1 Å². The molecular formula is C11H15NO4. The lowest BCUT2D eigenvalue weighted by Crippen LogP contribution is -1.97. The van der Waals surface area contributed by atoms with Crippen LogP contribution in [0.4, 0.5) is 0 Å². The SMILES string of the molecule is Cc1nc(C2CCCO2)oc1CCC(=O)O. The van der Waals surface area contributed by atoms with Crippen LogP contribution in [0, 0.1) is 6.92 Å². The topological polar surface area (TPSA) is 72.6 Å². The third-order valence-corrected chi connectivity index (χ3v) is 2.68. The van der Waals surface area contributed by atoms with Crippen LogP contribution in [0.5, 0.6) is 0 Å². The molecule has 0 amide bonds. The number of nitrogens with zero attached hydrogens (tertiary/aromatic N) is 1. The van der Waals surface area contributed by atoms with Crippen molar-refractivity contribution in [3.05, 3.63) is 17.3 Å². The fourth-order valence-electron chi connectivity index (χ4n) is 1.81. The fraction of sp³-hybridized carbons (Fsp3) is 0.636. The third-order valence-electron chi connectivity index (χ3n) is 2.68. The molecule has 1 aromatic heterocycles. The highest BCUT2D eigenvalue weighted by Crippen LogP contribution is 2.29. The van der Waals surface area contributed by atoms with Crippen molar-refractivity contribution in [1.29, 1.82) is 0 Å². The average Bonchev–Trinajstić information content (AvgIpc) is 2.83. The summed E-state index contributed by atoms with van der Waals surface area (Å²) in [5.41, 5.74) is 0.770. The van der Waals surface area contributed by atoms with Gasteiger partial charge in [0.2, 0.25) is 5.89 Å². The van der Waals surface area contributed by atoms with Crippen molar-refractivity contribution in [2.24, 2.45) is 0 Å². The highest BCUT2D eigenvalue weighted by Gasteiger charge is 2.24. The van der Waals surface area contributed by atoms with Crippen LogP contribution >= 0.6 is 0 Å². The summed E-state index contributed by atoms with van der Waals surface area (Å²) in [6, 6.07) is 0. The first-order chi connectivity index (χ1) is 7.66. The van der Waals surface area contributed by atoms with E-state index >= 15 is 0 Å². The van der Waals surface area contributed by atoms with Gasteiger partial charge < -0.3 is 14.3 Å². The monoisotopic (exact) mass is 225 g/mol. The Morgan fingerprint density at radius 2 is 2.44 bits per heavy atom. The van der Waals surface area contributed by atoms with Crippen molar-refractivity contribution in [3.8, 4) is 0 Å². The van der Waals surface area contributed by atoms with Gasteiger partial charge in [-0.05, 0) is 19.8 Å². The average molecular weight is 225 g/mol. The minimum atomic E-state index is -0.825. The Morgan fingerprint density at radius 1 is 1.62 bits per heavy atom. The smallest absolute Gasteiger partial charge is 0.303 e. The molecule has 1 aliphatic heterocycles. The van der Waals surface area contributed by atoms with Crippen molar-refractivity contribution in [2.45, 2.75) is 38.7 Å². The molecule has 0 bridgehead atoms. The minimum Gasteiger partial charge on any atom is -0.481 e. The second-order valence-electron chi connectivity index (χ2n) is 3.96. The molecule has 1 aliphatic rings. The molecule has 1 saturated heterocycles. The van der Waals surface area contributed by atoms with Crippen LogP contribution in [0.3, 0.4) is 0 Å². The molecule has 1 N–H and O–H groups in total. The first-order valence-corrected chi connectivity index (χ1v) is 5.46. The summed E-state index contributed by atoms with van der Waals surface area (Å²) in [4.78, 5) is 14.7. The molecule has 0 aromatic carbocycles. The van der Waals surface area contributed by atoms with Gasteiger partial charge in [-0.2, -0.15) is 0 Å². The predicted octanol–water partition coefficient (Wildman–Crippen LogP) is 1.85. The Bertz CT molecular complexity index is 379. The van der Waals surface area contributed by atoms with E-state index in [1.165, 1.54) is 0 Å². The molecule has 1 fully saturated rings. The minimum absolute atomic E-state index is 0.0442. The number of oxazole rings is 1. The Labute approximate surface area is 93.4 Å². The number of carbonyl (C=O) groups is 1. The summed E-state index contributed by atoms with van der Waals surface area (Å²) in [6.45, 7) is 2.58. The van der Waals surface area contributed by atoms with Gasteiger partial charge >= 0.3 is 5.97 Å². The number of aliphatic carboxylic acids is 1. The van der Waals surface area contributed by atoms with Crippen LogP contribution < -0.4 is 0 Å². The Balaban J connectivity index is 2.05. The van der Waals surface area contributed by atoms with Crippen LogP contribution in [-0.4, -0.2) is 22.7 Å². The first kappa shape index (κ1) is 11.1. The molecule has 0 radical (unpaired) electrons. The molecule has 0 saturated carbocycles. The summed E-state index contributed by atoms with van der Waals surface area (Å²) >= 11 is 0. The van der Waals surface area contributed by atoms with Crippen molar-refractivity contribution in [2.75, 3.05) is 6.61 Å². The Morgan fingerprint density at radius 3 is 3.06 bits per heavy atom. The predicted molar refractivity (Wildman–Crippen MR) is 55.1 cm³/mol. The van der Waals surface area contributed by atoms with E-state index in [2.05, 4.69) is 4.98 Å². The zero-order chi connectivity index (χ0) is 11.5. The second kappa shape index (κ2) is 4.65. The number of hydrogen-bond acceptors (Lipinski definition) is 4. The van der Waals surface area contributed by atoms with Gasteiger partial charge in [-0.25, -0.2) is 4.98 Å². The van der Waals surface area contributed by atoms with E-state index in [-0.39, 0.29) is 12.5 Å². The lowest BCUT2D eigenvalue weighted by molar-refractivity contribution is -0.137. The van der Waals surface area contributed by atoms with Gasteiger partial charge in [0, 0.05) is 13.0 Å². The zero-order valence-corrected chi connectivity index (χ0v) is 9.23. The van der Waals surface area contributed by atoms with Crippen LogP contribution in [-0.2, 0) is 16.0 Å². The summed E-state index contributed by atoms with van der Waals surface area (Å²) in [7, 11) is 0. The maximum atomic E-state index is 10.5. The number of hydrogen-bond donors (Lipinski definition) is 1. The fourth-order valence-corrected chi connectivity index (χ4v) is 1.81. The zero-order valence-electron chi connectivity index (χ0n) is 9.23. The number of aromatic nitrogens is 1. The van der Waals surface area contributed by atoms with Crippen molar-refractivity contribution >= 4 is 5.97 Å². The molecule has 5 heteroatoms. The molecule has 1 unspecified atom stereocenters. The molecule has 5 nitrogen and oxygen atoms in total. The standard InChI is InChI=1S/C11H15NO4/c1-7-8(4-5-10(13)14)16-11(12-7)9-3-2-6-15-9/h9H,2-6H2,1H3,(H,13,14). The number of aryl methyl sites for hydroxylation is 2. The Kier molecular flexibility index (Phi) is 3.24. The molecule has 0 spiro atoms. The van der Waals surface area contributed by atoms with Crippen LogP contribution in [0.2, 0.25) is 0 Å². The number of ether oxygens (including phenoxy) is 1. The summed E-state index contributed by atoms with van der Waals surface area (Å²) < 4.78 is 11.0. The third kappa shape index (κ3) is 2.41.